The Balaban J connectivity index is 2.07. The maximum absolute atomic E-state index is 12.3. The number of ether oxygens (including phenoxy) is 1. The van der Waals surface area contributed by atoms with Crippen molar-refractivity contribution in [2.24, 2.45) is 0 Å². The van der Waals surface area contributed by atoms with E-state index in [9.17, 15) is 9.59 Å². The first-order chi connectivity index (χ1) is 10.6. The van der Waals surface area contributed by atoms with Gasteiger partial charge in [-0.05, 0) is 35.9 Å². The predicted octanol–water partition coefficient (Wildman–Crippen LogP) is 2.22. The van der Waals surface area contributed by atoms with Gasteiger partial charge >= 0.3 is 5.97 Å². The van der Waals surface area contributed by atoms with E-state index < -0.39 is 12.5 Å². The third-order valence-electron chi connectivity index (χ3n) is 3.18. The predicted molar refractivity (Wildman–Crippen MR) is 83.5 cm³/mol. The van der Waals surface area contributed by atoms with Crippen molar-refractivity contribution in [3.63, 3.8) is 0 Å². The molecule has 1 aromatic carbocycles. The van der Waals surface area contributed by atoms with Crippen LogP contribution in [-0.4, -0.2) is 27.7 Å². The molecular formula is C15H12N2O4S. The molecule has 0 bridgehead atoms. The molecule has 0 atom stereocenters. The molecule has 22 heavy (non-hydrogen) atoms. The van der Waals surface area contributed by atoms with Crippen molar-refractivity contribution in [3.05, 3.63) is 47.0 Å². The van der Waals surface area contributed by atoms with E-state index >= 15 is 0 Å². The van der Waals surface area contributed by atoms with Crippen LogP contribution in [0, 0.1) is 0 Å². The number of nitrogens with zero attached hydrogens (tertiary/aromatic N) is 2. The molecule has 2 heterocycles. The fourth-order valence-electron chi connectivity index (χ4n) is 2.10. The molecule has 0 fully saturated rings. The molecule has 3 aromatic rings. The van der Waals surface area contributed by atoms with E-state index in [1.54, 1.807) is 7.11 Å². The van der Waals surface area contributed by atoms with E-state index in [4.69, 9.17) is 9.84 Å². The Morgan fingerprint density at radius 1 is 1.36 bits per heavy atom. The molecule has 3 rings (SSSR count). The number of carboxylic acid groups (broad SMARTS) is 1. The number of aromatic nitrogens is 2. The molecule has 1 N–H and O–H groups in total. The van der Waals surface area contributed by atoms with Crippen LogP contribution >= 0.6 is 11.3 Å². The number of rotatable bonds is 4. The van der Waals surface area contributed by atoms with Gasteiger partial charge in [-0.3, -0.25) is 14.2 Å². The lowest BCUT2D eigenvalue weighted by Crippen LogP contribution is -2.23. The summed E-state index contributed by atoms with van der Waals surface area (Å²) in [6.45, 7) is -0.391. The van der Waals surface area contributed by atoms with Crippen LogP contribution < -0.4 is 10.3 Å². The Morgan fingerprint density at radius 2 is 2.09 bits per heavy atom. The van der Waals surface area contributed by atoms with Crippen LogP contribution in [0.3, 0.4) is 0 Å². The van der Waals surface area contributed by atoms with Crippen molar-refractivity contribution in [3.8, 4) is 16.2 Å². The Morgan fingerprint density at radius 3 is 2.73 bits per heavy atom. The molecule has 0 saturated carbocycles. The van der Waals surface area contributed by atoms with Crippen molar-refractivity contribution in [2.75, 3.05) is 7.11 Å². The highest BCUT2D eigenvalue weighted by Gasteiger charge is 2.12. The SMILES string of the molecule is COc1ccc(-c2cc3ncn(CC(=O)O)c(=O)c3s2)cc1. The Labute approximate surface area is 129 Å². The number of thiophene rings is 1. The highest BCUT2D eigenvalue weighted by molar-refractivity contribution is 7.22. The first kappa shape index (κ1) is 14.3. The molecule has 0 spiro atoms. The molecule has 7 heteroatoms. The molecule has 0 saturated heterocycles. The van der Waals surface area contributed by atoms with Gasteiger partial charge in [0, 0.05) is 4.88 Å². The maximum Gasteiger partial charge on any atom is 0.323 e. The van der Waals surface area contributed by atoms with Gasteiger partial charge in [-0.1, -0.05) is 0 Å². The highest BCUT2D eigenvalue weighted by Crippen LogP contribution is 2.31. The van der Waals surface area contributed by atoms with Gasteiger partial charge in [-0.25, -0.2) is 4.98 Å². The molecule has 112 valence electrons. The normalized spacial score (nSPS) is 10.8. The van der Waals surface area contributed by atoms with Crippen molar-refractivity contribution in [1.29, 1.82) is 0 Å². The number of carboxylic acids is 1. The number of benzene rings is 1. The fourth-order valence-corrected chi connectivity index (χ4v) is 3.17. The van der Waals surface area contributed by atoms with Crippen molar-refractivity contribution in [1.82, 2.24) is 9.55 Å². The van der Waals surface area contributed by atoms with Gasteiger partial charge in [0.2, 0.25) is 0 Å². The van der Waals surface area contributed by atoms with Crippen LogP contribution in [-0.2, 0) is 11.3 Å². The second-order valence-corrected chi connectivity index (χ2v) is 5.68. The summed E-state index contributed by atoms with van der Waals surface area (Å²) in [7, 11) is 1.60. The van der Waals surface area contributed by atoms with Crippen molar-refractivity contribution >= 4 is 27.5 Å². The zero-order chi connectivity index (χ0) is 15.7. The molecular weight excluding hydrogens is 304 g/mol. The van der Waals surface area contributed by atoms with E-state index in [0.717, 1.165) is 20.8 Å². The van der Waals surface area contributed by atoms with Crippen LogP contribution in [0.2, 0.25) is 0 Å². The summed E-state index contributed by atoms with van der Waals surface area (Å²) in [5.41, 5.74) is 1.19. The summed E-state index contributed by atoms with van der Waals surface area (Å²) in [5.74, 6) is -0.318. The third kappa shape index (κ3) is 2.58. The number of aliphatic carboxylic acids is 1. The number of fused-ring (bicyclic) bond motifs is 1. The van der Waals surface area contributed by atoms with Crippen LogP contribution in [0.5, 0.6) is 5.75 Å². The van der Waals surface area contributed by atoms with Gasteiger partial charge in [0.05, 0.1) is 19.0 Å². The molecule has 0 aliphatic rings. The topological polar surface area (TPSA) is 81.4 Å². The minimum Gasteiger partial charge on any atom is -0.497 e. The fraction of sp³-hybridized carbons (Fsp3) is 0.133. The Bertz CT molecular complexity index is 896. The van der Waals surface area contributed by atoms with Crippen molar-refractivity contribution < 1.29 is 14.6 Å². The summed E-state index contributed by atoms with van der Waals surface area (Å²) < 4.78 is 6.67. The molecule has 0 amide bonds. The second-order valence-electron chi connectivity index (χ2n) is 4.62. The van der Waals surface area contributed by atoms with Gasteiger partial charge in [-0.2, -0.15) is 0 Å². The molecule has 2 aromatic heterocycles. The van der Waals surface area contributed by atoms with E-state index in [1.807, 2.05) is 30.3 Å². The Kier molecular flexibility index (Phi) is 3.64. The van der Waals surface area contributed by atoms with Crippen molar-refractivity contribution in [2.45, 2.75) is 6.54 Å². The summed E-state index contributed by atoms with van der Waals surface area (Å²) in [6, 6.07) is 9.32. The summed E-state index contributed by atoms with van der Waals surface area (Å²) in [5, 5.41) is 8.80. The van der Waals surface area contributed by atoms with Gasteiger partial charge in [0.15, 0.2) is 0 Å². The van der Waals surface area contributed by atoms with Crippen LogP contribution in [0.1, 0.15) is 0 Å². The summed E-state index contributed by atoms with van der Waals surface area (Å²) in [4.78, 5) is 28.1. The molecule has 0 unspecified atom stereocenters. The lowest BCUT2D eigenvalue weighted by Gasteiger charge is -2.00. The Hall–Kier alpha value is -2.67. The minimum absolute atomic E-state index is 0.336. The highest BCUT2D eigenvalue weighted by atomic mass is 32.1. The van der Waals surface area contributed by atoms with Crippen LogP contribution in [0.4, 0.5) is 0 Å². The van der Waals surface area contributed by atoms with Crippen LogP contribution in [0.15, 0.2) is 41.5 Å². The second kappa shape index (κ2) is 5.61. The lowest BCUT2D eigenvalue weighted by atomic mass is 10.2. The van der Waals surface area contributed by atoms with Gasteiger partial charge in [-0.15, -0.1) is 11.3 Å². The number of methoxy groups -OCH3 is 1. The largest absolute Gasteiger partial charge is 0.497 e. The molecule has 6 nitrogen and oxygen atoms in total. The summed E-state index contributed by atoms with van der Waals surface area (Å²) >= 11 is 1.30. The minimum atomic E-state index is -1.07. The number of hydrogen-bond acceptors (Lipinski definition) is 5. The molecule has 0 radical (unpaired) electrons. The van der Waals surface area contributed by atoms with Gasteiger partial charge in [0.1, 0.15) is 17.0 Å². The van der Waals surface area contributed by atoms with Gasteiger partial charge < -0.3 is 9.84 Å². The summed E-state index contributed by atoms with van der Waals surface area (Å²) in [6.07, 6.45) is 1.27. The molecule has 0 aliphatic carbocycles. The van der Waals surface area contributed by atoms with Gasteiger partial charge in [0.25, 0.3) is 5.56 Å². The number of hydrogen-bond donors (Lipinski definition) is 1. The van der Waals surface area contributed by atoms with E-state index in [0.29, 0.717) is 10.2 Å². The van der Waals surface area contributed by atoms with E-state index in [-0.39, 0.29) is 5.56 Å². The monoisotopic (exact) mass is 316 g/mol. The standard InChI is InChI=1S/C15H12N2O4S/c1-21-10-4-2-9(3-5-10)12-6-11-14(22-12)15(20)17(8-16-11)7-13(18)19/h2-6,8H,7H2,1H3,(H,18,19). The zero-order valence-electron chi connectivity index (χ0n) is 11.6. The van der Waals surface area contributed by atoms with E-state index in [1.165, 1.54) is 17.7 Å². The van der Waals surface area contributed by atoms with Crippen LogP contribution in [0.25, 0.3) is 20.7 Å². The third-order valence-corrected chi connectivity index (χ3v) is 4.35. The zero-order valence-corrected chi connectivity index (χ0v) is 12.5. The smallest absolute Gasteiger partial charge is 0.323 e. The average Bonchev–Trinajstić information content (AvgIpc) is 2.95. The lowest BCUT2D eigenvalue weighted by molar-refractivity contribution is -0.137. The number of carbonyl (C=O) groups is 1. The molecule has 0 aliphatic heterocycles. The first-order valence-corrected chi connectivity index (χ1v) is 7.25. The van der Waals surface area contributed by atoms with E-state index in [2.05, 4.69) is 4.98 Å². The first-order valence-electron chi connectivity index (χ1n) is 6.43. The quantitative estimate of drug-likeness (QED) is 0.798. The average molecular weight is 316 g/mol. The maximum atomic E-state index is 12.3.